The summed E-state index contributed by atoms with van der Waals surface area (Å²) >= 11 is 0. The Balaban J connectivity index is 2.30. The molecule has 0 aromatic heterocycles. The van der Waals surface area contributed by atoms with Crippen molar-refractivity contribution in [3.8, 4) is 0 Å². The topological polar surface area (TPSA) is 21.3 Å². The van der Waals surface area contributed by atoms with Gasteiger partial charge >= 0.3 is 0 Å². The zero-order chi connectivity index (χ0) is 15.1. The molecular formula is C13H14F5NO. The quantitative estimate of drug-likeness (QED) is 0.510. The van der Waals surface area contributed by atoms with Gasteiger partial charge in [0.1, 0.15) is 5.69 Å². The van der Waals surface area contributed by atoms with Crippen LogP contribution >= 0.6 is 0 Å². The van der Waals surface area contributed by atoms with Crippen molar-refractivity contribution >= 4 is 5.69 Å². The number of ether oxygens (including phenoxy) is 1. The van der Waals surface area contributed by atoms with Gasteiger partial charge in [-0.25, -0.2) is 22.0 Å². The minimum absolute atomic E-state index is 0.347. The lowest BCUT2D eigenvalue weighted by Gasteiger charge is -2.36. The van der Waals surface area contributed by atoms with Crippen molar-refractivity contribution in [2.45, 2.75) is 38.3 Å². The average Bonchev–Trinajstić information content (AvgIpc) is 2.38. The van der Waals surface area contributed by atoms with Crippen LogP contribution in [0.1, 0.15) is 26.7 Å². The molecule has 0 amide bonds. The van der Waals surface area contributed by atoms with Gasteiger partial charge < -0.3 is 10.1 Å². The standard InChI is InChI=1S/C13H14F5NO/c1-13(2)5-6(3-4-20-13)19-12-10(17)8(15)7(14)9(16)11(12)18/h6,19H,3-5H2,1-2H3. The fourth-order valence-corrected chi connectivity index (χ4v) is 2.29. The summed E-state index contributed by atoms with van der Waals surface area (Å²) in [6.07, 6.45) is 0.815. The molecule has 1 aliphatic heterocycles. The first kappa shape index (κ1) is 15.0. The lowest BCUT2D eigenvalue weighted by atomic mass is 9.93. The van der Waals surface area contributed by atoms with Crippen LogP contribution in [0.3, 0.4) is 0 Å². The Kier molecular flexibility index (Phi) is 3.90. The molecule has 1 fully saturated rings. The number of rotatable bonds is 2. The molecule has 1 heterocycles. The fourth-order valence-electron chi connectivity index (χ4n) is 2.29. The maximum absolute atomic E-state index is 13.5. The maximum atomic E-state index is 13.5. The minimum Gasteiger partial charge on any atom is -0.377 e. The SMILES string of the molecule is CC1(C)CC(Nc2c(F)c(F)c(F)c(F)c2F)CCO1. The van der Waals surface area contributed by atoms with E-state index in [4.69, 9.17) is 4.74 Å². The third kappa shape index (κ3) is 2.72. The largest absolute Gasteiger partial charge is 0.377 e. The predicted octanol–water partition coefficient (Wildman–Crippen LogP) is 3.75. The second kappa shape index (κ2) is 5.20. The zero-order valence-electron chi connectivity index (χ0n) is 11.0. The van der Waals surface area contributed by atoms with Gasteiger partial charge in [0.2, 0.25) is 5.82 Å². The number of anilines is 1. The molecule has 1 aromatic carbocycles. The molecule has 112 valence electrons. The van der Waals surface area contributed by atoms with Crippen molar-refractivity contribution in [1.82, 2.24) is 0 Å². The summed E-state index contributed by atoms with van der Waals surface area (Å²) in [4.78, 5) is 0. The van der Waals surface area contributed by atoms with Crippen LogP contribution in [-0.4, -0.2) is 18.2 Å². The van der Waals surface area contributed by atoms with E-state index < -0.39 is 46.4 Å². The highest BCUT2D eigenvalue weighted by atomic mass is 19.2. The average molecular weight is 295 g/mol. The second-order valence-corrected chi connectivity index (χ2v) is 5.39. The van der Waals surface area contributed by atoms with Crippen LogP contribution in [0.15, 0.2) is 0 Å². The molecule has 1 saturated heterocycles. The molecule has 1 N–H and O–H groups in total. The number of benzene rings is 1. The van der Waals surface area contributed by atoms with Crippen LogP contribution in [0.2, 0.25) is 0 Å². The van der Waals surface area contributed by atoms with Gasteiger partial charge in [-0.15, -0.1) is 0 Å². The first-order valence-electron chi connectivity index (χ1n) is 6.15. The van der Waals surface area contributed by atoms with E-state index in [-0.39, 0.29) is 0 Å². The van der Waals surface area contributed by atoms with E-state index in [1.165, 1.54) is 0 Å². The molecule has 0 radical (unpaired) electrons. The summed E-state index contributed by atoms with van der Waals surface area (Å²) in [5.41, 5.74) is -1.50. The molecule has 1 aromatic rings. The number of hydrogen-bond donors (Lipinski definition) is 1. The first-order chi connectivity index (χ1) is 9.23. The maximum Gasteiger partial charge on any atom is 0.200 e. The van der Waals surface area contributed by atoms with Gasteiger partial charge in [0, 0.05) is 12.6 Å². The Morgan fingerprint density at radius 2 is 1.45 bits per heavy atom. The van der Waals surface area contributed by atoms with E-state index >= 15 is 0 Å². The van der Waals surface area contributed by atoms with Crippen LogP contribution in [0.25, 0.3) is 0 Å². The smallest absolute Gasteiger partial charge is 0.200 e. The lowest BCUT2D eigenvalue weighted by molar-refractivity contribution is -0.0554. The number of nitrogens with one attached hydrogen (secondary N) is 1. The highest BCUT2D eigenvalue weighted by molar-refractivity contribution is 5.48. The van der Waals surface area contributed by atoms with E-state index in [1.807, 2.05) is 0 Å². The summed E-state index contributed by atoms with van der Waals surface area (Å²) in [6, 6.07) is -0.424. The molecule has 1 atom stereocenters. The molecular weight excluding hydrogens is 281 g/mol. The lowest BCUT2D eigenvalue weighted by Crippen LogP contribution is -2.40. The molecule has 0 spiro atoms. The predicted molar refractivity (Wildman–Crippen MR) is 62.9 cm³/mol. The van der Waals surface area contributed by atoms with Gasteiger partial charge in [-0.2, -0.15) is 0 Å². The molecule has 7 heteroatoms. The highest BCUT2D eigenvalue weighted by Gasteiger charge is 2.32. The van der Waals surface area contributed by atoms with Gasteiger partial charge in [-0.1, -0.05) is 0 Å². The molecule has 0 aliphatic carbocycles. The van der Waals surface area contributed by atoms with Gasteiger partial charge in [-0.3, -0.25) is 0 Å². The van der Waals surface area contributed by atoms with Crippen LogP contribution in [0, 0.1) is 29.1 Å². The molecule has 2 nitrogen and oxygen atoms in total. The Hall–Kier alpha value is -1.37. The molecule has 20 heavy (non-hydrogen) atoms. The Morgan fingerprint density at radius 1 is 0.950 bits per heavy atom. The molecule has 0 saturated carbocycles. The Morgan fingerprint density at radius 3 is 1.95 bits per heavy atom. The summed E-state index contributed by atoms with van der Waals surface area (Å²) < 4.78 is 71.6. The van der Waals surface area contributed by atoms with Crippen molar-refractivity contribution in [2.75, 3.05) is 11.9 Å². The van der Waals surface area contributed by atoms with Crippen molar-refractivity contribution in [3.63, 3.8) is 0 Å². The highest BCUT2D eigenvalue weighted by Crippen LogP contribution is 2.31. The number of halogens is 5. The molecule has 1 unspecified atom stereocenters. The molecule has 1 aliphatic rings. The number of hydrogen-bond acceptors (Lipinski definition) is 2. The summed E-state index contributed by atoms with van der Waals surface area (Å²) in [6.45, 7) is 3.93. The van der Waals surface area contributed by atoms with Crippen molar-refractivity contribution in [3.05, 3.63) is 29.1 Å². The van der Waals surface area contributed by atoms with Gasteiger partial charge in [-0.05, 0) is 26.7 Å². The Bertz CT molecular complexity index is 503. The fraction of sp³-hybridized carbons (Fsp3) is 0.538. The van der Waals surface area contributed by atoms with Crippen LogP contribution < -0.4 is 5.32 Å². The first-order valence-corrected chi connectivity index (χ1v) is 6.15. The van der Waals surface area contributed by atoms with Crippen molar-refractivity contribution in [2.24, 2.45) is 0 Å². The minimum atomic E-state index is -2.15. The molecule has 0 bridgehead atoms. The summed E-state index contributed by atoms with van der Waals surface area (Å²) in [5, 5.41) is 2.41. The van der Waals surface area contributed by atoms with E-state index in [0.29, 0.717) is 19.4 Å². The zero-order valence-corrected chi connectivity index (χ0v) is 11.0. The van der Waals surface area contributed by atoms with Gasteiger partial charge in [0.05, 0.1) is 5.60 Å². The van der Waals surface area contributed by atoms with E-state index in [1.54, 1.807) is 13.8 Å². The normalized spacial score (nSPS) is 21.9. The summed E-state index contributed by atoms with van der Waals surface area (Å²) in [5.74, 6) is -9.73. The second-order valence-electron chi connectivity index (χ2n) is 5.39. The third-order valence-corrected chi connectivity index (χ3v) is 3.26. The van der Waals surface area contributed by atoms with Crippen molar-refractivity contribution in [1.29, 1.82) is 0 Å². The van der Waals surface area contributed by atoms with Crippen LogP contribution in [0.4, 0.5) is 27.6 Å². The van der Waals surface area contributed by atoms with E-state index in [2.05, 4.69) is 5.32 Å². The van der Waals surface area contributed by atoms with E-state index in [0.717, 1.165) is 0 Å². The van der Waals surface area contributed by atoms with Gasteiger partial charge in [0.25, 0.3) is 0 Å². The monoisotopic (exact) mass is 295 g/mol. The van der Waals surface area contributed by atoms with Crippen LogP contribution in [-0.2, 0) is 4.74 Å². The molecule has 2 rings (SSSR count). The third-order valence-electron chi connectivity index (χ3n) is 3.26. The van der Waals surface area contributed by atoms with Gasteiger partial charge in [0.15, 0.2) is 23.3 Å². The van der Waals surface area contributed by atoms with Crippen LogP contribution in [0.5, 0.6) is 0 Å². The summed E-state index contributed by atoms with van der Waals surface area (Å²) in [7, 11) is 0. The van der Waals surface area contributed by atoms with Crippen molar-refractivity contribution < 1.29 is 26.7 Å². The Labute approximate surface area is 112 Å². The van der Waals surface area contributed by atoms with E-state index in [9.17, 15) is 22.0 Å².